The fraction of sp³-hybridized carbons (Fsp3) is 0.0476. The van der Waals surface area contributed by atoms with Gasteiger partial charge in [-0.05, 0) is 37.3 Å². The van der Waals surface area contributed by atoms with Crippen LogP contribution in [0.25, 0.3) is 0 Å². The summed E-state index contributed by atoms with van der Waals surface area (Å²) in [6, 6.07) is 13.4. The molecule has 134 valence electrons. The number of hydrogen-bond acceptors (Lipinski definition) is 5. The second kappa shape index (κ2) is 6.14. The summed E-state index contributed by atoms with van der Waals surface area (Å²) in [5.41, 5.74) is 14.2. The van der Waals surface area contributed by atoms with Gasteiger partial charge in [0.1, 0.15) is 5.75 Å². The summed E-state index contributed by atoms with van der Waals surface area (Å²) in [6.45, 7) is 1.96. The van der Waals surface area contributed by atoms with Crippen LogP contribution in [-0.4, -0.2) is 11.6 Å². The van der Waals surface area contributed by atoms with E-state index in [2.05, 4.69) is 0 Å². The van der Waals surface area contributed by atoms with Gasteiger partial charge in [0.15, 0.2) is 17.3 Å². The number of nitrogen functional groups attached to an aromatic ring is 2. The summed E-state index contributed by atoms with van der Waals surface area (Å²) < 4.78 is 5.81. The molecule has 27 heavy (non-hydrogen) atoms. The standard InChI is InChI=1S/C21H15ClN2O3/c1-10-2-5-12(6-3-10)27-16-9-15(23)17-18(19(16)24)21(26)14-8-11(22)4-7-13(14)20(17)25/h2-9H,23-24H2,1H3. The van der Waals surface area contributed by atoms with Gasteiger partial charge in [0.25, 0.3) is 0 Å². The number of nitrogens with two attached hydrogens (primary N) is 2. The highest BCUT2D eigenvalue weighted by Crippen LogP contribution is 2.41. The van der Waals surface area contributed by atoms with Crippen LogP contribution in [-0.2, 0) is 0 Å². The number of ether oxygens (including phenoxy) is 1. The second-order valence-corrected chi connectivity index (χ2v) is 6.83. The highest BCUT2D eigenvalue weighted by molar-refractivity contribution is 6.35. The van der Waals surface area contributed by atoms with Crippen molar-refractivity contribution in [3.05, 3.63) is 81.4 Å². The molecule has 4 N–H and O–H groups in total. The van der Waals surface area contributed by atoms with E-state index in [9.17, 15) is 9.59 Å². The van der Waals surface area contributed by atoms with Crippen molar-refractivity contribution in [2.24, 2.45) is 0 Å². The molecule has 0 spiro atoms. The number of fused-ring (bicyclic) bond motifs is 2. The molecule has 3 aromatic rings. The number of hydrogen-bond donors (Lipinski definition) is 2. The summed E-state index contributed by atoms with van der Waals surface area (Å²) in [4.78, 5) is 25.9. The lowest BCUT2D eigenvalue weighted by Gasteiger charge is -2.22. The van der Waals surface area contributed by atoms with Gasteiger partial charge in [0.2, 0.25) is 0 Å². The van der Waals surface area contributed by atoms with E-state index in [0.717, 1.165) is 5.56 Å². The zero-order valence-corrected chi connectivity index (χ0v) is 15.1. The Balaban J connectivity index is 1.87. The molecular formula is C21H15ClN2O3. The van der Waals surface area contributed by atoms with Gasteiger partial charge in [0.05, 0.1) is 16.8 Å². The van der Waals surface area contributed by atoms with E-state index < -0.39 is 5.78 Å². The van der Waals surface area contributed by atoms with Crippen molar-refractivity contribution in [2.45, 2.75) is 6.92 Å². The van der Waals surface area contributed by atoms with Gasteiger partial charge in [-0.15, -0.1) is 0 Å². The Kier molecular flexibility index (Phi) is 3.89. The first-order chi connectivity index (χ1) is 12.9. The van der Waals surface area contributed by atoms with Crippen molar-refractivity contribution in [1.29, 1.82) is 0 Å². The number of ketones is 2. The van der Waals surface area contributed by atoms with Gasteiger partial charge >= 0.3 is 0 Å². The molecule has 0 radical (unpaired) electrons. The molecular weight excluding hydrogens is 364 g/mol. The Morgan fingerprint density at radius 3 is 2.22 bits per heavy atom. The van der Waals surface area contributed by atoms with Crippen LogP contribution in [0.15, 0.2) is 48.5 Å². The number of carbonyl (C=O) groups excluding carboxylic acids is 2. The highest BCUT2D eigenvalue weighted by atomic mass is 35.5. The lowest BCUT2D eigenvalue weighted by Crippen LogP contribution is -2.24. The minimum atomic E-state index is -0.402. The van der Waals surface area contributed by atoms with Gasteiger partial charge in [-0.1, -0.05) is 29.3 Å². The fourth-order valence-electron chi connectivity index (χ4n) is 3.16. The normalized spacial score (nSPS) is 12.5. The second-order valence-electron chi connectivity index (χ2n) is 6.39. The molecule has 0 bridgehead atoms. The molecule has 0 fully saturated rings. The third kappa shape index (κ3) is 2.73. The predicted octanol–water partition coefficient (Wildman–Crippen LogP) is 4.38. The fourth-order valence-corrected chi connectivity index (χ4v) is 3.34. The van der Waals surface area contributed by atoms with Crippen molar-refractivity contribution < 1.29 is 14.3 Å². The number of aryl methyl sites for hydroxylation is 1. The van der Waals surface area contributed by atoms with E-state index >= 15 is 0 Å². The number of anilines is 2. The van der Waals surface area contributed by atoms with Crippen molar-refractivity contribution in [3.8, 4) is 11.5 Å². The largest absolute Gasteiger partial charge is 0.455 e. The average molecular weight is 379 g/mol. The zero-order chi connectivity index (χ0) is 19.3. The monoisotopic (exact) mass is 378 g/mol. The molecule has 4 rings (SSSR count). The topological polar surface area (TPSA) is 95.4 Å². The van der Waals surface area contributed by atoms with Crippen molar-refractivity contribution in [2.75, 3.05) is 11.5 Å². The molecule has 0 heterocycles. The van der Waals surface area contributed by atoms with Crippen LogP contribution in [0, 0.1) is 6.92 Å². The minimum absolute atomic E-state index is 0.0527. The molecule has 1 aliphatic carbocycles. The van der Waals surface area contributed by atoms with Crippen LogP contribution >= 0.6 is 11.6 Å². The number of rotatable bonds is 2. The summed E-state index contributed by atoms with van der Waals surface area (Å²) in [6.07, 6.45) is 0. The van der Waals surface area contributed by atoms with Crippen LogP contribution in [0.4, 0.5) is 11.4 Å². The Bertz CT molecular complexity index is 1120. The molecule has 0 aliphatic heterocycles. The van der Waals surface area contributed by atoms with Crippen LogP contribution in [0.2, 0.25) is 5.02 Å². The predicted molar refractivity (Wildman–Crippen MR) is 105 cm³/mol. The van der Waals surface area contributed by atoms with Crippen LogP contribution in [0.3, 0.4) is 0 Å². The third-order valence-electron chi connectivity index (χ3n) is 4.53. The quantitative estimate of drug-likeness (QED) is 0.504. The summed E-state index contributed by atoms with van der Waals surface area (Å²) in [5, 5.41) is 0.358. The van der Waals surface area contributed by atoms with Gasteiger partial charge in [0, 0.05) is 27.9 Å². The Labute approximate surface area is 160 Å². The molecule has 0 atom stereocenters. The smallest absolute Gasteiger partial charge is 0.196 e. The maximum absolute atomic E-state index is 13.0. The molecule has 5 nitrogen and oxygen atoms in total. The number of benzene rings is 3. The summed E-state index contributed by atoms with van der Waals surface area (Å²) in [7, 11) is 0. The SMILES string of the molecule is Cc1ccc(Oc2cc(N)c3c(c2N)C(=O)c2cc(Cl)ccc2C3=O)cc1. The van der Waals surface area contributed by atoms with E-state index in [1.807, 2.05) is 19.1 Å². The zero-order valence-electron chi connectivity index (χ0n) is 14.4. The van der Waals surface area contributed by atoms with Gasteiger partial charge in [-0.3, -0.25) is 9.59 Å². The van der Waals surface area contributed by atoms with E-state index in [4.69, 9.17) is 27.8 Å². The lowest BCUT2D eigenvalue weighted by molar-refractivity contribution is 0.0980. The minimum Gasteiger partial charge on any atom is -0.455 e. The first-order valence-electron chi connectivity index (χ1n) is 8.22. The van der Waals surface area contributed by atoms with E-state index in [-0.39, 0.29) is 45.2 Å². The van der Waals surface area contributed by atoms with Gasteiger partial charge < -0.3 is 16.2 Å². The van der Waals surface area contributed by atoms with Gasteiger partial charge in [-0.2, -0.15) is 0 Å². The Hall–Kier alpha value is -3.31. The lowest BCUT2D eigenvalue weighted by atomic mass is 9.82. The first kappa shape index (κ1) is 17.1. The van der Waals surface area contributed by atoms with E-state index in [1.165, 1.54) is 18.2 Å². The van der Waals surface area contributed by atoms with Crippen molar-refractivity contribution in [3.63, 3.8) is 0 Å². The maximum atomic E-state index is 13.0. The molecule has 0 aromatic heterocycles. The first-order valence-corrected chi connectivity index (χ1v) is 8.60. The Morgan fingerprint density at radius 2 is 1.52 bits per heavy atom. The maximum Gasteiger partial charge on any atom is 0.196 e. The summed E-state index contributed by atoms with van der Waals surface area (Å²) in [5.74, 6) is 0.00872. The molecule has 1 aliphatic rings. The summed E-state index contributed by atoms with van der Waals surface area (Å²) >= 11 is 6.00. The van der Waals surface area contributed by atoms with Crippen molar-refractivity contribution in [1.82, 2.24) is 0 Å². The van der Waals surface area contributed by atoms with Crippen molar-refractivity contribution >= 4 is 34.5 Å². The van der Waals surface area contributed by atoms with Crippen LogP contribution in [0.5, 0.6) is 11.5 Å². The van der Waals surface area contributed by atoms with Gasteiger partial charge in [-0.25, -0.2) is 0 Å². The van der Waals surface area contributed by atoms with Crippen LogP contribution < -0.4 is 16.2 Å². The molecule has 0 saturated heterocycles. The molecule has 0 amide bonds. The number of halogens is 1. The number of carbonyl (C=O) groups is 2. The molecule has 6 heteroatoms. The van der Waals surface area contributed by atoms with E-state index in [1.54, 1.807) is 18.2 Å². The Morgan fingerprint density at radius 1 is 0.852 bits per heavy atom. The molecule has 3 aromatic carbocycles. The van der Waals surface area contributed by atoms with Crippen LogP contribution in [0.1, 0.15) is 37.4 Å². The molecule has 0 unspecified atom stereocenters. The highest BCUT2D eigenvalue weighted by Gasteiger charge is 2.34. The third-order valence-corrected chi connectivity index (χ3v) is 4.77. The van der Waals surface area contributed by atoms with E-state index in [0.29, 0.717) is 10.8 Å². The molecule has 0 saturated carbocycles. The average Bonchev–Trinajstić information content (AvgIpc) is 2.64.